The Morgan fingerprint density at radius 2 is 2.14 bits per heavy atom. The van der Waals surface area contributed by atoms with E-state index in [-0.39, 0.29) is 5.56 Å². The Bertz CT molecular complexity index is 1350. The maximum Gasteiger partial charge on any atom is 0.254 e. The summed E-state index contributed by atoms with van der Waals surface area (Å²) < 4.78 is 21.2. The second kappa shape index (κ2) is 10.4. The number of benzene rings is 2. The van der Waals surface area contributed by atoms with E-state index in [4.69, 9.17) is 4.74 Å². The first-order chi connectivity index (χ1) is 17.1. The molecule has 180 valence electrons. The maximum atomic E-state index is 14.8. The summed E-state index contributed by atoms with van der Waals surface area (Å²) in [6, 6.07) is 12.2. The number of carbonyl (C=O) groups is 1. The van der Waals surface area contributed by atoms with E-state index < -0.39 is 11.7 Å². The molecule has 0 radical (unpaired) electrons. The highest BCUT2D eigenvalue weighted by Crippen LogP contribution is 2.37. The minimum atomic E-state index is -0.597. The van der Waals surface area contributed by atoms with Crippen molar-refractivity contribution in [2.24, 2.45) is 5.92 Å². The Kier molecular flexibility index (Phi) is 6.87. The molecule has 2 aromatic carbocycles. The SMILES string of the molecule is COc1ccccc1-c1csc2cnc(Nc3ccc(C(=O)NC[C@@H]4CCCNC4)c(F)c3)nc12. The fourth-order valence-corrected chi connectivity index (χ4v) is 5.15. The number of thiophene rings is 1. The minimum Gasteiger partial charge on any atom is -0.496 e. The predicted molar refractivity (Wildman–Crippen MR) is 137 cm³/mol. The summed E-state index contributed by atoms with van der Waals surface area (Å²) in [6.07, 6.45) is 3.90. The van der Waals surface area contributed by atoms with Crippen LogP contribution in [-0.2, 0) is 0 Å². The zero-order valence-electron chi connectivity index (χ0n) is 19.3. The predicted octanol–water partition coefficient (Wildman–Crippen LogP) is 4.98. The number of ether oxygens (including phenoxy) is 1. The number of fused-ring (bicyclic) bond motifs is 1. The van der Waals surface area contributed by atoms with E-state index in [0.29, 0.717) is 24.1 Å². The van der Waals surface area contributed by atoms with Crippen molar-refractivity contribution in [1.29, 1.82) is 0 Å². The van der Waals surface area contributed by atoms with Gasteiger partial charge in [-0.1, -0.05) is 18.2 Å². The Labute approximate surface area is 206 Å². The summed E-state index contributed by atoms with van der Waals surface area (Å²) in [6.45, 7) is 2.42. The van der Waals surface area contributed by atoms with E-state index in [1.807, 2.05) is 29.6 Å². The first-order valence-corrected chi connectivity index (χ1v) is 12.4. The molecular formula is C26H26FN5O2S. The second-order valence-electron chi connectivity index (χ2n) is 8.50. The van der Waals surface area contributed by atoms with E-state index in [1.165, 1.54) is 12.1 Å². The molecule has 3 N–H and O–H groups in total. The summed E-state index contributed by atoms with van der Waals surface area (Å²) in [5.41, 5.74) is 3.15. The number of anilines is 2. The van der Waals surface area contributed by atoms with Crippen LogP contribution in [0.3, 0.4) is 0 Å². The number of para-hydroxylation sites is 1. The molecule has 2 aromatic heterocycles. The van der Waals surface area contributed by atoms with Gasteiger partial charge in [0.2, 0.25) is 5.95 Å². The number of carbonyl (C=O) groups excluding carboxylic acids is 1. The third kappa shape index (κ3) is 5.11. The van der Waals surface area contributed by atoms with Crippen molar-refractivity contribution in [1.82, 2.24) is 20.6 Å². The zero-order valence-corrected chi connectivity index (χ0v) is 20.1. The molecule has 1 aliphatic rings. The van der Waals surface area contributed by atoms with E-state index >= 15 is 0 Å². The van der Waals surface area contributed by atoms with E-state index in [1.54, 1.807) is 30.7 Å². The lowest BCUT2D eigenvalue weighted by Gasteiger charge is -2.22. The average Bonchev–Trinajstić information content (AvgIpc) is 3.31. The standard InChI is InChI=1S/C26H26FN5O2S/c1-34-22-7-3-2-6-18(22)20-15-35-23-14-30-26(32-24(20)23)31-17-8-9-19(21(27)11-17)25(33)29-13-16-5-4-10-28-12-16/h2-3,6-9,11,14-16,28H,4-5,10,12-13H2,1H3,(H,29,33)(H,30,31,32)/t16-/m1/s1. The lowest BCUT2D eigenvalue weighted by molar-refractivity contribution is 0.0941. The number of hydrogen-bond acceptors (Lipinski definition) is 7. The normalized spacial score (nSPS) is 15.7. The molecule has 0 saturated carbocycles. The Morgan fingerprint density at radius 3 is 2.94 bits per heavy atom. The van der Waals surface area contributed by atoms with Crippen molar-refractivity contribution >= 4 is 39.1 Å². The van der Waals surface area contributed by atoms with Crippen molar-refractivity contribution in [2.75, 3.05) is 32.1 Å². The molecule has 4 aromatic rings. The molecular weight excluding hydrogens is 465 g/mol. The largest absolute Gasteiger partial charge is 0.496 e. The van der Waals surface area contributed by atoms with E-state index in [2.05, 4.69) is 25.9 Å². The molecule has 1 saturated heterocycles. The number of hydrogen-bond donors (Lipinski definition) is 3. The molecule has 1 amide bonds. The third-order valence-corrected chi connectivity index (χ3v) is 7.04. The van der Waals surface area contributed by atoms with Gasteiger partial charge in [-0.2, -0.15) is 0 Å². The van der Waals surface area contributed by atoms with Gasteiger partial charge in [0.05, 0.1) is 29.1 Å². The van der Waals surface area contributed by atoms with Crippen LogP contribution in [-0.4, -0.2) is 42.6 Å². The molecule has 1 fully saturated rings. The molecule has 5 rings (SSSR count). The number of halogens is 1. The molecule has 0 aliphatic carbocycles. The van der Waals surface area contributed by atoms with Gasteiger partial charge < -0.3 is 20.7 Å². The third-order valence-electron chi connectivity index (χ3n) is 6.13. The Hall–Kier alpha value is -3.56. The topological polar surface area (TPSA) is 88.2 Å². The lowest BCUT2D eigenvalue weighted by Crippen LogP contribution is -2.38. The minimum absolute atomic E-state index is 0.0204. The van der Waals surface area contributed by atoms with Gasteiger partial charge in [0.1, 0.15) is 11.6 Å². The summed E-state index contributed by atoms with van der Waals surface area (Å²) in [5, 5.41) is 11.3. The molecule has 0 bridgehead atoms. The van der Waals surface area contributed by atoms with Crippen molar-refractivity contribution in [3.05, 3.63) is 65.4 Å². The van der Waals surface area contributed by atoms with Gasteiger partial charge in [0, 0.05) is 28.7 Å². The van der Waals surface area contributed by atoms with Crippen LogP contribution in [0.4, 0.5) is 16.0 Å². The van der Waals surface area contributed by atoms with Crippen LogP contribution in [0.25, 0.3) is 21.3 Å². The van der Waals surface area contributed by atoms with Crippen molar-refractivity contribution in [3.8, 4) is 16.9 Å². The Morgan fingerprint density at radius 1 is 1.26 bits per heavy atom. The molecule has 3 heterocycles. The van der Waals surface area contributed by atoms with Crippen molar-refractivity contribution < 1.29 is 13.9 Å². The van der Waals surface area contributed by atoms with Crippen LogP contribution < -0.4 is 20.7 Å². The molecule has 1 aliphatic heterocycles. The monoisotopic (exact) mass is 491 g/mol. The summed E-state index contributed by atoms with van der Waals surface area (Å²) in [4.78, 5) is 21.5. The number of piperidine rings is 1. The summed E-state index contributed by atoms with van der Waals surface area (Å²) in [7, 11) is 1.64. The van der Waals surface area contributed by atoms with Crippen LogP contribution in [0.2, 0.25) is 0 Å². The molecule has 0 unspecified atom stereocenters. The van der Waals surface area contributed by atoms with Gasteiger partial charge in [-0.3, -0.25) is 4.79 Å². The average molecular weight is 492 g/mol. The van der Waals surface area contributed by atoms with Crippen LogP contribution in [0.5, 0.6) is 5.75 Å². The van der Waals surface area contributed by atoms with Crippen molar-refractivity contribution in [3.63, 3.8) is 0 Å². The molecule has 35 heavy (non-hydrogen) atoms. The van der Waals surface area contributed by atoms with Gasteiger partial charge in [0.15, 0.2) is 0 Å². The summed E-state index contributed by atoms with van der Waals surface area (Å²) >= 11 is 1.55. The fraction of sp³-hybridized carbons (Fsp3) is 0.269. The first-order valence-electron chi connectivity index (χ1n) is 11.6. The number of amides is 1. The lowest BCUT2D eigenvalue weighted by atomic mass is 9.99. The van der Waals surface area contributed by atoms with Crippen LogP contribution in [0.1, 0.15) is 23.2 Å². The molecule has 9 heteroatoms. The smallest absolute Gasteiger partial charge is 0.254 e. The van der Waals surface area contributed by atoms with Crippen LogP contribution in [0.15, 0.2) is 54.0 Å². The highest BCUT2D eigenvalue weighted by molar-refractivity contribution is 7.17. The van der Waals surface area contributed by atoms with Gasteiger partial charge in [-0.25, -0.2) is 14.4 Å². The first kappa shape index (κ1) is 23.2. The van der Waals surface area contributed by atoms with Crippen molar-refractivity contribution in [2.45, 2.75) is 12.8 Å². The number of methoxy groups -OCH3 is 1. The van der Waals surface area contributed by atoms with Crippen LogP contribution in [0, 0.1) is 11.7 Å². The van der Waals surface area contributed by atoms with Gasteiger partial charge in [0.25, 0.3) is 5.91 Å². The number of rotatable bonds is 7. The molecule has 1 atom stereocenters. The zero-order chi connectivity index (χ0) is 24.2. The van der Waals surface area contributed by atoms with E-state index in [0.717, 1.165) is 53.0 Å². The van der Waals surface area contributed by atoms with E-state index in [9.17, 15) is 9.18 Å². The summed E-state index contributed by atoms with van der Waals surface area (Å²) in [5.74, 6) is 0.476. The highest BCUT2D eigenvalue weighted by atomic mass is 32.1. The highest BCUT2D eigenvalue weighted by Gasteiger charge is 2.18. The molecule has 7 nitrogen and oxygen atoms in total. The van der Waals surface area contributed by atoms with Gasteiger partial charge in [-0.05, 0) is 56.1 Å². The Balaban J connectivity index is 1.32. The second-order valence-corrected chi connectivity index (χ2v) is 9.41. The fourth-order valence-electron chi connectivity index (χ4n) is 4.28. The number of nitrogens with one attached hydrogen (secondary N) is 3. The maximum absolute atomic E-state index is 14.8. The van der Waals surface area contributed by atoms with Crippen LogP contribution >= 0.6 is 11.3 Å². The quantitative estimate of drug-likeness (QED) is 0.338. The van der Waals surface area contributed by atoms with Gasteiger partial charge >= 0.3 is 0 Å². The number of aromatic nitrogens is 2. The number of nitrogens with zero attached hydrogens (tertiary/aromatic N) is 2. The van der Waals surface area contributed by atoms with Gasteiger partial charge in [-0.15, -0.1) is 11.3 Å². The molecule has 0 spiro atoms.